The number of hydrogen-bond acceptors (Lipinski definition) is 11. The molecule has 15 N–H and O–H groups in total. The summed E-state index contributed by atoms with van der Waals surface area (Å²) in [5.41, 5.74) is 16.5. The molecule has 6 amide bonds. The lowest BCUT2D eigenvalue weighted by atomic mass is 10.0. The molecule has 20 heteroatoms. The predicted molar refractivity (Wildman–Crippen MR) is 191 cm³/mol. The number of guanidine groups is 1. The molecule has 0 unspecified atom stereocenters. The summed E-state index contributed by atoms with van der Waals surface area (Å²) in [5, 5.41) is 43.4. The van der Waals surface area contributed by atoms with E-state index in [0.29, 0.717) is 0 Å². The van der Waals surface area contributed by atoms with E-state index in [1.54, 1.807) is 27.7 Å². The smallest absolute Gasteiger partial charge is 0.328 e. The number of carbonyl (C=O) groups excluding carboxylic acids is 6. The van der Waals surface area contributed by atoms with Crippen LogP contribution in [-0.2, 0) is 33.6 Å². The Morgan fingerprint density at radius 3 is 1.40 bits per heavy atom. The van der Waals surface area contributed by atoms with E-state index >= 15 is 0 Å². The van der Waals surface area contributed by atoms with Gasteiger partial charge in [-0.3, -0.25) is 33.8 Å². The van der Waals surface area contributed by atoms with Gasteiger partial charge in [-0.15, -0.1) is 0 Å². The van der Waals surface area contributed by atoms with E-state index in [0.717, 1.165) is 0 Å². The first kappa shape index (κ1) is 47.4. The highest BCUT2D eigenvalue weighted by Gasteiger charge is 2.33. The van der Waals surface area contributed by atoms with Gasteiger partial charge >= 0.3 is 5.97 Å². The normalized spacial score (nSPS) is 16.4. The van der Waals surface area contributed by atoms with Crippen molar-refractivity contribution in [3.63, 3.8) is 0 Å². The molecule has 0 fully saturated rings. The number of hydrogen-bond donors (Lipinski definition) is 12. The van der Waals surface area contributed by atoms with Crippen LogP contribution in [0.4, 0.5) is 0 Å². The summed E-state index contributed by atoms with van der Waals surface area (Å²) in [5.74, 6) is -6.57. The number of aliphatic carboxylic acids is 1. The Bertz CT molecular complexity index is 1260. The van der Waals surface area contributed by atoms with Gasteiger partial charge in [0.2, 0.25) is 35.4 Å². The van der Waals surface area contributed by atoms with Crippen molar-refractivity contribution in [2.75, 3.05) is 6.54 Å². The molecule has 0 aliphatic rings. The lowest BCUT2D eigenvalue weighted by molar-refractivity contribution is -0.145. The van der Waals surface area contributed by atoms with Crippen molar-refractivity contribution >= 4 is 47.4 Å². The number of carboxylic acids is 1. The van der Waals surface area contributed by atoms with Crippen molar-refractivity contribution in [2.45, 2.75) is 136 Å². The number of aliphatic hydroxyl groups is 2. The zero-order valence-corrected chi connectivity index (χ0v) is 31.3. The number of rotatable bonds is 23. The number of aliphatic imine (C=N–C) groups is 1. The third kappa shape index (κ3) is 18.1. The quantitative estimate of drug-likeness (QED) is 0.0272. The van der Waals surface area contributed by atoms with Crippen molar-refractivity contribution in [2.24, 2.45) is 34.0 Å². The molecule has 0 aliphatic heterocycles. The first-order chi connectivity index (χ1) is 24.0. The molecule has 298 valence electrons. The summed E-state index contributed by atoms with van der Waals surface area (Å²) in [4.78, 5) is 93.8. The minimum atomic E-state index is -1.62. The zero-order chi connectivity index (χ0) is 40.5. The highest BCUT2D eigenvalue weighted by molar-refractivity contribution is 5.97. The Morgan fingerprint density at radius 2 is 0.981 bits per heavy atom. The molecule has 0 heterocycles. The van der Waals surface area contributed by atoms with Gasteiger partial charge < -0.3 is 64.4 Å². The maximum atomic E-state index is 13.7. The summed E-state index contributed by atoms with van der Waals surface area (Å²) < 4.78 is 0. The number of nitrogens with one attached hydrogen (secondary N) is 6. The van der Waals surface area contributed by atoms with Crippen LogP contribution in [0.25, 0.3) is 0 Å². The summed E-state index contributed by atoms with van der Waals surface area (Å²) >= 11 is 0. The average molecular weight is 745 g/mol. The van der Waals surface area contributed by atoms with E-state index in [9.17, 15) is 48.9 Å². The molecular weight excluding hydrogens is 684 g/mol. The monoisotopic (exact) mass is 744 g/mol. The molecule has 0 saturated carbocycles. The third-order valence-corrected chi connectivity index (χ3v) is 7.63. The number of carbonyl (C=O) groups is 7. The minimum absolute atomic E-state index is 0.00510. The summed E-state index contributed by atoms with van der Waals surface area (Å²) in [7, 11) is 0. The Balaban J connectivity index is 6.12. The Morgan fingerprint density at radius 1 is 0.577 bits per heavy atom. The fourth-order valence-electron chi connectivity index (χ4n) is 4.66. The standard InChI is InChI=1S/C32H60N10O10/c1-14(2)12-21(28(48)37-17(6)26(46)42-24(19(8)44)31(51)52)41-27(47)20(10-9-11-36-32(34)35)39-29(49)22(13-15(3)4)40-25(45)16(5)38-30(50)23(33)18(7)43/h14-24,43-44H,9-13,33H2,1-8H3,(H,37,48)(H,38,50)(H,39,49)(H,40,45)(H,41,47)(H,42,46)(H,51,52)(H4,34,35,36)/t16-,17-,18+,19+,20-,21-,22-,23-,24-/m0/s1. The van der Waals surface area contributed by atoms with Crippen LogP contribution in [0.1, 0.15) is 81.1 Å². The van der Waals surface area contributed by atoms with E-state index in [2.05, 4.69) is 36.9 Å². The maximum Gasteiger partial charge on any atom is 0.328 e. The lowest BCUT2D eigenvalue weighted by Crippen LogP contribution is -2.60. The van der Waals surface area contributed by atoms with Crippen molar-refractivity contribution in [3.05, 3.63) is 0 Å². The molecule has 0 spiro atoms. The van der Waals surface area contributed by atoms with Crippen molar-refractivity contribution < 1.29 is 48.9 Å². The molecule has 0 aromatic rings. The van der Waals surface area contributed by atoms with E-state index < -0.39 is 95.9 Å². The molecule has 0 saturated heterocycles. The van der Waals surface area contributed by atoms with Gasteiger partial charge in [-0.05, 0) is 65.2 Å². The topological polar surface area (TPSA) is 343 Å². The van der Waals surface area contributed by atoms with Gasteiger partial charge in [-0.25, -0.2) is 4.79 Å². The molecule has 9 atom stereocenters. The first-order valence-electron chi connectivity index (χ1n) is 17.2. The Labute approximate surface area is 304 Å². The second kappa shape index (κ2) is 23.1. The number of aliphatic hydroxyl groups excluding tert-OH is 2. The van der Waals surface area contributed by atoms with Gasteiger partial charge in [0.15, 0.2) is 12.0 Å². The van der Waals surface area contributed by atoms with Gasteiger partial charge in [-0.2, -0.15) is 0 Å². The van der Waals surface area contributed by atoms with Crippen molar-refractivity contribution in [1.29, 1.82) is 0 Å². The molecule has 0 aromatic heterocycles. The number of nitrogens with two attached hydrogens (primary N) is 3. The molecule has 20 nitrogen and oxygen atoms in total. The van der Waals surface area contributed by atoms with Crippen LogP contribution in [0.3, 0.4) is 0 Å². The number of amides is 6. The Hall–Kier alpha value is -4.56. The minimum Gasteiger partial charge on any atom is -0.480 e. The van der Waals surface area contributed by atoms with Crippen LogP contribution in [0.5, 0.6) is 0 Å². The highest BCUT2D eigenvalue weighted by atomic mass is 16.4. The van der Waals surface area contributed by atoms with Crippen LogP contribution in [0.15, 0.2) is 4.99 Å². The average Bonchev–Trinajstić information content (AvgIpc) is 3.02. The largest absolute Gasteiger partial charge is 0.480 e. The van der Waals surface area contributed by atoms with Crippen LogP contribution in [-0.4, -0.2) is 124 Å². The van der Waals surface area contributed by atoms with Gasteiger partial charge in [0.25, 0.3) is 0 Å². The second-order valence-corrected chi connectivity index (χ2v) is 13.7. The van der Waals surface area contributed by atoms with Crippen LogP contribution >= 0.6 is 0 Å². The van der Waals surface area contributed by atoms with Gasteiger partial charge in [-0.1, -0.05) is 27.7 Å². The maximum absolute atomic E-state index is 13.7. The molecule has 0 radical (unpaired) electrons. The molecule has 0 rings (SSSR count). The van der Waals surface area contributed by atoms with Crippen LogP contribution in [0.2, 0.25) is 0 Å². The van der Waals surface area contributed by atoms with Crippen molar-refractivity contribution in [1.82, 2.24) is 31.9 Å². The highest BCUT2D eigenvalue weighted by Crippen LogP contribution is 2.10. The van der Waals surface area contributed by atoms with Crippen molar-refractivity contribution in [3.8, 4) is 0 Å². The molecular formula is C32H60N10O10. The SMILES string of the molecule is CC(C)C[C@H](NC(=O)[C@H](C)NC(=O)[C@@H](N)[C@@H](C)O)C(=O)N[C@@H](CCCN=C(N)N)C(=O)N[C@@H](CC(C)C)C(=O)N[C@@H](C)C(=O)N[C@H](C(=O)O)[C@@H](C)O. The van der Waals surface area contributed by atoms with E-state index in [4.69, 9.17) is 17.2 Å². The van der Waals surface area contributed by atoms with Gasteiger partial charge in [0, 0.05) is 6.54 Å². The molecule has 0 aliphatic carbocycles. The lowest BCUT2D eigenvalue weighted by Gasteiger charge is -2.28. The summed E-state index contributed by atoms with van der Waals surface area (Å²) in [6.07, 6.45) is -2.12. The number of carboxylic acid groups (broad SMARTS) is 1. The molecule has 0 bridgehead atoms. The fraction of sp³-hybridized carbons (Fsp3) is 0.750. The van der Waals surface area contributed by atoms with E-state index in [1.807, 2.05) is 0 Å². The summed E-state index contributed by atoms with van der Waals surface area (Å²) in [6.45, 7) is 12.5. The molecule has 52 heavy (non-hydrogen) atoms. The van der Waals surface area contributed by atoms with Crippen LogP contribution < -0.4 is 49.1 Å². The number of nitrogens with zero attached hydrogens (tertiary/aromatic N) is 1. The first-order valence-corrected chi connectivity index (χ1v) is 17.2. The summed E-state index contributed by atoms with van der Waals surface area (Å²) in [6, 6.07) is -8.91. The van der Waals surface area contributed by atoms with E-state index in [1.165, 1.54) is 27.7 Å². The fourth-order valence-corrected chi connectivity index (χ4v) is 4.66. The predicted octanol–water partition coefficient (Wildman–Crippen LogP) is -3.75. The van der Waals surface area contributed by atoms with Gasteiger partial charge in [0.1, 0.15) is 36.3 Å². The second-order valence-electron chi connectivity index (χ2n) is 13.7. The molecule has 0 aromatic carbocycles. The third-order valence-electron chi connectivity index (χ3n) is 7.63. The van der Waals surface area contributed by atoms with Crippen LogP contribution in [0, 0.1) is 11.8 Å². The zero-order valence-electron chi connectivity index (χ0n) is 31.3. The van der Waals surface area contributed by atoms with E-state index in [-0.39, 0.29) is 50.0 Å². The van der Waals surface area contributed by atoms with Gasteiger partial charge in [0.05, 0.1) is 12.2 Å². The Kier molecular flexibility index (Phi) is 21.1.